The van der Waals surface area contributed by atoms with Gasteiger partial charge in [0.25, 0.3) is 6.43 Å². The van der Waals surface area contributed by atoms with Crippen LogP contribution in [0, 0.1) is 0 Å². The SMILES string of the molecule is FC(F)c1cn2ccnc2cn1. The predicted molar refractivity (Wildman–Crippen MR) is 37.9 cm³/mol. The van der Waals surface area contributed by atoms with E-state index in [9.17, 15) is 8.78 Å². The monoisotopic (exact) mass is 169 g/mol. The highest BCUT2D eigenvalue weighted by Gasteiger charge is 2.08. The van der Waals surface area contributed by atoms with E-state index in [-0.39, 0.29) is 5.69 Å². The Morgan fingerprint density at radius 2 is 2.17 bits per heavy atom. The summed E-state index contributed by atoms with van der Waals surface area (Å²) >= 11 is 0. The van der Waals surface area contributed by atoms with Crippen LogP contribution in [0.1, 0.15) is 12.1 Å². The van der Waals surface area contributed by atoms with Gasteiger partial charge in [-0.05, 0) is 0 Å². The summed E-state index contributed by atoms with van der Waals surface area (Å²) in [5.74, 6) is 0. The van der Waals surface area contributed by atoms with Crippen LogP contribution in [0.2, 0.25) is 0 Å². The van der Waals surface area contributed by atoms with E-state index in [0.717, 1.165) is 0 Å². The Bertz CT molecular complexity index is 396. The molecule has 0 aliphatic rings. The highest BCUT2D eigenvalue weighted by atomic mass is 19.3. The molecule has 0 radical (unpaired) electrons. The van der Waals surface area contributed by atoms with Crippen molar-refractivity contribution >= 4 is 5.65 Å². The number of hydrogen-bond donors (Lipinski definition) is 0. The summed E-state index contributed by atoms with van der Waals surface area (Å²) in [7, 11) is 0. The normalized spacial score (nSPS) is 11.2. The summed E-state index contributed by atoms with van der Waals surface area (Å²) in [6, 6.07) is 0. The van der Waals surface area contributed by atoms with Crippen molar-refractivity contribution in [2.75, 3.05) is 0 Å². The van der Waals surface area contributed by atoms with Crippen LogP contribution >= 0.6 is 0 Å². The quantitative estimate of drug-likeness (QED) is 0.649. The molecule has 0 aliphatic carbocycles. The molecule has 2 aromatic heterocycles. The fourth-order valence-electron chi connectivity index (χ4n) is 0.955. The number of alkyl halides is 2. The Hall–Kier alpha value is -1.52. The molecule has 0 saturated carbocycles. The maximum atomic E-state index is 12.1. The minimum atomic E-state index is -2.53. The lowest BCUT2D eigenvalue weighted by Gasteiger charge is -1.98. The van der Waals surface area contributed by atoms with Crippen LogP contribution < -0.4 is 0 Å². The van der Waals surface area contributed by atoms with Gasteiger partial charge in [0, 0.05) is 18.6 Å². The van der Waals surface area contributed by atoms with E-state index < -0.39 is 6.43 Å². The van der Waals surface area contributed by atoms with Gasteiger partial charge in [-0.25, -0.2) is 18.7 Å². The van der Waals surface area contributed by atoms with Crippen LogP contribution in [0.3, 0.4) is 0 Å². The molecular weight excluding hydrogens is 164 g/mol. The minimum Gasteiger partial charge on any atom is -0.304 e. The Kier molecular flexibility index (Phi) is 1.49. The standard InChI is InChI=1S/C7H5F2N3/c8-7(9)5-4-12-2-1-10-6(12)3-11-5/h1-4,7H. The molecule has 2 heterocycles. The summed E-state index contributed by atoms with van der Waals surface area (Å²) < 4.78 is 25.7. The van der Waals surface area contributed by atoms with Crippen molar-refractivity contribution in [3.05, 3.63) is 30.5 Å². The van der Waals surface area contributed by atoms with Crippen molar-refractivity contribution in [1.29, 1.82) is 0 Å². The first-order valence-electron chi connectivity index (χ1n) is 3.34. The van der Waals surface area contributed by atoms with E-state index in [2.05, 4.69) is 9.97 Å². The summed E-state index contributed by atoms with van der Waals surface area (Å²) in [6.45, 7) is 0. The summed E-state index contributed by atoms with van der Waals surface area (Å²) in [5.41, 5.74) is 0.333. The molecule has 0 N–H and O–H groups in total. The molecule has 0 bridgehead atoms. The third-order valence-corrected chi connectivity index (χ3v) is 1.52. The average Bonchev–Trinajstić information content (AvgIpc) is 2.49. The van der Waals surface area contributed by atoms with E-state index in [1.807, 2.05) is 0 Å². The fourth-order valence-corrected chi connectivity index (χ4v) is 0.955. The molecule has 12 heavy (non-hydrogen) atoms. The summed E-state index contributed by atoms with van der Waals surface area (Å²) in [4.78, 5) is 7.42. The fraction of sp³-hybridized carbons (Fsp3) is 0.143. The Balaban J connectivity index is 2.60. The maximum Gasteiger partial charge on any atom is 0.281 e. The number of aromatic nitrogens is 3. The topological polar surface area (TPSA) is 30.2 Å². The number of rotatable bonds is 1. The second kappa shape index (κ2) is 2.51. The van der Waals surface area contributed by atoms with E-state index >= 15 is 0 Å². The van der Waals surface area contributed by atoms with Crippen LogP contribution in [0.4, 0.5) is 8.78 Å². The zero-order chi connectivity index (χ0) is 8.55. The number of halogens is 2. The van der Waals surface area contributed by atoms with Crippen LogP contribution in [0.15, 0.2) is 24.8 Å². The first-order valence-corrected chi connectivity index (χ1v) is 3.34. The van der Waals surface area contributed by atoms with Gasteiger partial charge in [-0.2, -0.15) is 0 Å². The van der Waals surface area contributed by atoms with E-state index in [4.69, 9.17) is 0 Å². The van der Waals surface area contributed by atoms with Gasteiger partial charge in [0.15, 0.2) is 5.65 Å². The Labute approximate surface area is 66.7 Å². The highest BCUT2D eigenvalue weighted by molar-refractivity contribution is 5.34. The van der Waals surface area contributed by atoms with Gasteiger partial charge < -0.3 is 4.40 Å². The van der Waals surface area contributed by atoms with Gasteiger partial charge in [0.05, 0.1) is 6.20 Å². The molecule has 0 unspecified atom stereocenters. The molecule has 3 nitrogen and oxygen atoms in total. The van der Waals surface area contributed by atoms with Crippen molar-refractivity contribution in [3.8, 4) is 0 Å². The second-order valence-electron chi connectivity index (χ2n) is 2.31. The van der Waals surface area contributed by atoms with Crippen LogP contribution in [-0.4, -0.2) is 14.4 Å². The van der Waals surface area contributed by atoms with Gasteiger partial charge in [-0.15, -0.1) is 0 Å². The third-order valence-electron chi connectivity index (χ3n) is 1.52. The molecule has 0 atom stereocenters. The predicted octanol–water partition coefficient (Wildman–Crippen LogP) is 1.67. The van der Waals surface area contributed by atoms with Crippen LogP contribution in [-0.2, 0) is 0 Å². The highest BCUT2D eigenvalue weighted by Crippen LogP contribution is 2.15. The molecule has 0 fully saturated rings. The zero-order valence-corrected chi connectivity index (χ0v) is 5.98. The molecular formula is C7H5F2N3. The largest absolute Gasteiger partial charge is 0.304 e. The van der Waals surface area contributed by atoms with Gasteiger partial charge in [-0.3, -0.25) is 0 Å². The van der Waals surface area contributed by atoms with Crippen molar-refractivity contribution in [2.24, 2.45) is 0 Å². The minimum absolute atomic E-state index is 0.236. The Morgan fingerprint density at radius 1 is 1.33 bits per heavy atom. The molecule has 0 aromatic carbocycles. The molecule has 2 aromatic rings. The maximum absolute atomic E-state index is 12.1. The van der Waals surface area contributed by atoms with Gasteiger partial charge >= 0.3 is 0 Å². The lowest BCUT2D eigenvalue weighted by atomic mass is 10.5. The lowest BCUT2D eigenvalue weighted by molar-refractivity contribution is 0.145. The molecule has 2 rings (SSSR count). The summed E-state index contributed by atoms with van der Waals surface area (Å²) in [5, 5.41) is 0. The van der Waals surface area contributed by atoms with Crippen molar-refractivity contribution in [3.63, 3.8) is 0 Å². The molecule has 0 amide bonds. The van der Waals surface area contributed by atoms with E-state index in [0.29, 0.717) is 5.65 Å². The second-order valence-corrected chi connectivity index (χ2v) is 2.31. The van der Waals surface area contributed by atoms with Crippen molar-refractivity contribution in [1.82, 2.24) is 14.4 Å². The zero-order valence-electron chi connectivity index (χ0n) is 5.98. The molecule has 0 aliphatic heterocycles. The summed E-state index contributed by atoms with van der Waals surface area (Å²) in [6.07, 6.45) is 3.20. The number of imidazole rings is 1. The molecule has 62 valence electrons. The Morgan fingerprint density at radius 3 is 2.92 bits per heavy atom. The molecule has 0 saturated heterocycles. The van der Waals surface area contributed by atoms with Crippen molar-refractivity contribution in [2.45, 2.75) is 6.43 Å². The van der Waals surface area contributed by atoms with Gasteiger partial charge in [0.2, 0.25) is 0 Å². The third kappa shape index (κ3) is 1.03. The number of hydrogen-bond acceptors (Lipinski definition) is 2. The average molecular weight is 169 g/mol. The molecule has 0 spiro atoms. The van der Waals surface area contributed by atoms with Gasteiger partial charge in [0.1, 0.15) is 5.69 Å². The van der Waals surface area contributed by atoms with E-state index in [1.54, 1.807) is 6.20 Å². The number of fused-ring (bicyclic) bond motifs is 1. The first-order chi connectivity index (χ1) is 5.77. The van der Waals surface area contributed by atoms with Gasteiger partial charge in [-0.1, -0.05) is 0 Å². The first kappa shape index (κ1) is 7.15. The lowest BCUT2D eigenvalue weighted by Crippen LogP contribution is -1.93. The van der Waals surface area contributed by atoms with Crippen LogP contribution in [0.5, 0.6) is 0 Å². The smallest absolute Gasteiger partial charge is 0.281 e. The molecule has 5 heteroatoms. The number of nitrogens with zero attached hydrogens (tertiary/aromatic N) is 3. The van der Waals surface area contributed by atoms with Crippen LogP contribution in [0.25, 0.3) is 5.65 Å². The van der Waals surface area contributed by atoms with E-state index in [1.165, 1.54) is 23.0 Å². The van der Waals surface area contributed by atoms with Crippen molar-refractivity contribution < 1.29 is 8.78 Å².